The van der Waals surface area contributed by atoms with Crippen molar-refractivity contribution in [3.8, 4) is 0 Å². The van der Waals surface area contributed by atoms with Crippen LogP contribution in [0.5, 0.6) is 0 Å². The number of carbonyl (C=O) groups excluding carboxylic acids is 1. The molecular weight excluding hydrogens is 332 g/mol. The number of fused-ring (bicyclic) bond motifs is 1. The van der Waals surface area contributed by atoms with E-state index in [1.165, 1.54) is 16.7 Å². The number of hydrogen-bond donors (Lipinski definition) is 2. The lowest BCUT2D eigenvalue weighted by Gasteiger charge is -2.32. The van der Waals surface area contributed by atoms with Crippen molar-refractivity contribution < 1.29 is 4.79 Å². The first-order chi connectivity index (χ1) is 13.3. The summed E-state index contributed by atoms with van der Waals surface area (Å²) in [5, 5.41) is 6.69. The van der Waals surface area contributed by atoms with Crippen LogP contribution in [0.15, 0.2) is 84.9 Å². The van der Waals surface area contributed by atoms with E-state index in [0.29, 0.717) is 13.1 Å². The molecular formula is C24H24N2O. The monoisotopic (exact) mass is 356 g/mol. The van der Waals surface area contributed by atoms with Gasteiger partial charge in [-0.05, 0) is 28.7 Å². The van der Waals surface area contributed by atoms with Crippen LogP contribution in [0.4, 0.5) is 0 Å². The Kier molecular flexibility index (Phi) is 5.31. The Morgan fingerprint density at radius 3 is 2.22 bits per heavy atom. The van der Waals surface area contributed by atoms with E-state index in [1.807, 2.05) is 36.4 Å². The van der Waals surface area contributed by atoms with Crippen LogP contribution < -0.4 is 10.6 Å². The normalized spacial score (nSPS) is 18.5. The topological polar surface area (TPSA) is 41.1 Å². The van der Waals surface area contributed by atoms with Crippen LogP contribution >= 0.6 is 0 Å². The van der Waals surface area contributed by atoms with E-state index in [2.05, 4.69) is 59.2 Å². The molecule has 3 aromatic rings. The van der Waals surface area contributed by atoms with E-state index in [9.17, 15) is 4.79 Å². The lowest BCUT2D eigenvalue weighted by Crippen LogP contribution is -2.41. The number of rotatable bonds is 5. The fraction of sp³-hybridized carbons (Fsp3) is 0.208. The van der Waals surface area contributed by atoms with Gasteiger partial charge >= 0.3 is 0 Å². The van der Waals surface area contributed by atoms with Gasteiger partial charge in [0.2, 0.25) is 5.91 Å². The molecule has 1 aliphatic rings. The highest BCUT2D eigenvalue weighted by Crippen LogP contribution is 2.33. The van der Waals surface area contributed by atoms with E-state index in [0.717, 1.165) is 12.0 Å². The van der Waals surface area contributed by atoms with Crippen molar-refractivity contribution in [1.82, 2.24) is 10.6 Å². The minimum absolute atomic E-state index is 0.0948. The summed E-state index contributed by atoms with van der Waals surface area (Å²) < 4.78 is 0. The SMILES string of the molecule is O=C(NCCc1ccccc1)C1CNC(c2ccccc2)c2ccccc21. The van der Waals surface area contributed by atoms with Gasteiger partial charge in [-0.25, -0.2) is 0 Å². The zero-order chi connectivity index (χ0) is 18.5. The molecule has 0 saturated carbocycles. The molecule has 0 saturated heterocycles. The third-order valence-electron chi connectivity index (χ3n) is 5.21. The summed E-state index contributed by atoms with van der Waals surface area (Å²) in [6, 6.07) is 29.1. The van der Waals surface area contributed by atoms with E-state index < -0.39 is 0 Å². The molecule has 0 bridgehead atoms. The Morgan fingerprint density at radius 2 is 1.48 bits per heavy atom. The summed E-state index contributed by atoms with van der Waals surface area (Å²) >= 11 is 0. The third-order valence-corrected chi connectivity index (χ3v) is 5.21. The van der Waals surface area contributed by atoms with E-state index in [4.69, 9.17) is 0 Å². The Morgan fingerprint density at radius 1 is 0.852 bits per heavy atom. The maximum Gasteiger partial charge on any atom is 0.228 e. The second-order valence-electron chi connectivity index (χ2n) is 6.96. The van der Waals surface area contributed by atoms with Crippen molar-refractivity contribution >= 4 is 5.91 Å². The summed E-state index contributed by atoms with van der Waals surface area (Å²) in [7, 11) is 0. The molecule has 0 aliphatic carbocycles. The van der Waals surface area contributed by atoms with Gasteiger partial charge in [-0.15, -0.1) is 0 Å². The van der Waals surface area contributed by atoms with Crippen LogP contribution in [0.3, 0.4) is 0 Å². The average Bonchev–Trinajstić information content (AvgIpc) is 2.74. The molecule has 1 heterocycles. The lowest BCUT2D eigenvalue weighted by atomic mass is 9.83. The molecule has 3 aromatic carbocycles. The van der Waals surface area contributed by atoms with E-state index in [1.54, 1.807) is 0 Å². The maximum atomic E-state index is 12.8. The van der Waals surface area contributed by atoms with Gasteiger partial charge in [0, 0.05) is 13.1 Å². The lowest BCUT2D eigenvalue weighted by molar-refractivity contribution is -0.122. The van der Waals surface area contributed by atoms with Crippen LogP contribution in [-0.4, -0.2) is 19.0 Å². The number of carbonyl (C=O) groups is 1. The summed E-state index contributed by atoms with van der Waals surface area (Å²) in [5.41, 5.74) is 4.79. The van der Waals surface area contributed by atoms with Crippen LogP contribution in [-0.2, 0) is 11.2 Å². The highest BCUT2D eigenvalue weighted by atomic mass is 16.1. The molecule has 27 heavy (non-hydrogen) atoms. The zero-order valence-electron chi connectivity index (χ0n) is 15.3. The highest BCUT2D eigenvalue weighted by Gasteiger charge is 2.31. The van der Waals surface area contributed by atoms with Crippen molar-refractivity contribution in [1.29, 1.82) is 0 Å². The molecule has 0 radical (unpaired) electrons. The summed E-state index contributed by atoms with van der Waals surface area (Å²) in [4.78, 5) is 12.8. The Bertz CT molecular complexity index is 893. The first-order valence-corrected chi connectivity index (χ1v) is 9.52. The van der Waals surface area contributed by atoms with Crippen molar-refractivity contribution in [3.05, 3.63) is 107 Å². The molecule has 2 N–H and O–H groups in total. The molecule has 0 fully saturated rings. The van der Waals surface area contributed by atoms with Crippen molar-refractivity contribution in [2.24, 2.45) is 0 Å². The molecule has 136 valence electrons. The molecule has 4 rings (SSSR count). The number of nitrogens with one attached hydrogen (secondary N) is 2. The van der Waals surface area contributed by atoms with Crippen molar-refractivity contribution in [3.63, 3.8) is 0 Å². The number of benzene rings is 3. The predicted molar refractivity (Wildman–Crippen MR) is 109 cm³/mol. The molecule has 1 amide bonds. The van der Waals surface area contributed by atoms with Gasteiger partial charge in [0.1, 0.15) is 0 Å². The molecule has 3 heteroatoms. The fourth-order valence-electron chi connectivity index (χ4n) is 3.82. The van der Waals surface area contributed by atoms with E-state index >= 15 is 0 Å². The minimum Gasteiger partial charge on any atom is -0.355 e. The van der Waals surface area contributed by atoms with Crippen LogP contribution in [0.2, 0.25) is 0 Å². The first kappa shape index (κ1) is 17.5. The van der Waals surface area contributed by atoms with Crippen molar-refractivity contribution in [2.75, 3.05) is 13.1 Å². The number of hydrogen-bond acceptors (Lipinski definition) is 2. The third kappa shape index (κ3) is 3.93. The zero-order valence-corrected chi connectivity index (χ0v) is 15.3. The predicted octanol–water partition coefficient (Wildman–Crippen LogP) is 3.82. The standard InChI is InChI=1S/C24H24N2O/c27-24(25-16-15-18-9-3-1-4-10-18)22-17-26-23(19-11-5-2-6-12-19)21-14-8-7-13-20(21)22/h1-14,22-23,26H,15-17H2,(H,25,27). The Balaban J connectivity index is 1.48. The second kappa shape index (κ2) is 8.19. The smallest absolute Gasteiger partial charge is 0.228 e. The highest BCUT2D eigenvalue weighted by molar-refractivity contribution is 5.85. The van der Waals surface area contributed by atoms with Gasteiger partial charge in [-0.3, -0.25) is 4.79 Å². The van der Waals surface area contributed by atoms with Crippen molar-refractivity contribution in [2.45, 2.75) is 18.4 Å². The quantitative estimate of drug-likeness (QED) is 0.730. The van der Waals surface area contributed by atoms with Gasteiger partial charge in [0.15, 0.2) is 0 Å². The van der Waals surface area contributed by atoms with Gasteiger partial charge < -0.3 is 10.6 Å². The molecule has 1 aliphatic heterocycles. The fourth-order valence-corrected chi connectivity index (χ4v) is 3.82. The Hall–Kier alpha value is -2.91. The Labute approximate surface area is 160 Å². The summed E-state index contributed by atoms with van der Waals surface area (Å²) in [6.45, 7) is 1.30. The van der Waals surface area contributed by atoms with Gasteiger partial charge in [0.25, 0.3) is 0 Å². The average molecular weight is 356 g/mol. The van der Waals surface area contributed by atoms with E-state index in [-0.39, 0.29) is 17.9 Å². The van der Waals surface area contributed by atoms with Crippen LogP contribution in [0.1, 0.15) is 34.2 Å². The largest absolute Gasteiger partial charge is 0.355 e. The summed E-state index contributed by atoms with van der Waals surface area (Å²) in [5.74, 6) is -0.0608. The minimum atomic E-state index is -0.156. The molecule has 0 aromatic heterocycles. The first-order valence-electron chi connectivity index (χ1n) is 9.52. The molecule has 3 nitrogen and oxygen atoms in total. The van der Waals surface area contributed by atoms with Crippen LogP contribution in [0, 0.1) is 0 Å². The molecule has 2 atom stereocenters. The van der Waals surface area contributed by atoms with Gasteiger partial charge in [-0.1, -0.05) is 84.9 Å². The second-order valence-corrected chi connectivity index (χ2v) is 6.96. The van der Waals surface area contributed by atoms with Gasteiger partial charge in [-0.2, -0.15) is 0 Å². The van der Waals surface area contributed by atoms with Crippen LogP contribution in [0.25, 0.3) is 0 Å². The summed E-state index contributed by atoms with van der Waals surface area (Å²) in [6.07, 6.45) is 0.848. The maximum absolute atomic E-state index is 12.8. The number of amides is 1. The van der Waals surface area contributed by atoms with Gasteiger partial charge in [0.05, 0.1) is 12.0 Å². The molecule has 2 unspecified atom stereocenters. The molecule has 0 spiro atoms.